The van der Waals surface area contributed by atoms with Gasteiger partial charge in [0.2, 0.25) is 11.0 Å². The molecule has 3 aromatic rings. The van der Waals surface area contributed by atoms with Gasteiger partial charge in [0.15, 0.2) is 4.34 Å². The number of nitrogens with one attached hydrogen (secondary N) is 2. The van der Waals surface area contributed by atoms with Gasteiger partial charge in [0.05, 0.1) is 21.3 Å². The maximum atomic E-state index is 12.3. The van der Waals surface area contributed by atoms with Crippen molar-refractivity contribution in [3.8, 4) is 0 Å². The molecule has 0 bridgehead atoms. The van der Waals surface area contributed by atoms with Crippen LogP contribution >= 0.6 is 50.6 Å². The molecule has 154 valence electrons. The third-order valence-corrected chi connectivity index (χ3v) is 6.28. The van der Waals surface area contributed by atoms with Crippen molar-refractivity contribution >= 4 is 79.0 Å². The third-order valence-electron chi connectivity index (χ3n) is 3.49. The van der Waals surface area contributed by atoms with E-state index >= 15 is 0 Å². The number of aromatic nitrogens is 2. The average molecular weight is 529 g/mol. The van der Waals surface area contributed by atoms with Crippen LogP contribution in [-0.4, -0.2) is 32.7 Å². The lowest BCUT2D eigenvalue weighted by molar-refractivity contribution is -0.384. The Hall–Kier alpha value is -2.54. The number of non-ortho nitro benzene ring substituents is 1. The number of hydrogen-bond acceptors (Lipinski definition) is 8. The highest BCUT2D eigenvalue weighted by Crippen LogP contribution is 2.27. The summed E-state index contributed by atoms with van der Waals surface area (Å²) >= 11 is 11.6. The maximum absolute atomic E-state index is 12.3. The zero-order chi connectivity index (χ0) is 21.7. The van der Waals surface area contributed by atoms with Crippen LogP contribution in [0.1, 0.15) is 10.4 Å². The summed E-state index contributed by atoms with van der Waals surface area (Å²) in [5.41, 5.74) is 0.676. The van der Waals surface area contributed by atoms with Crippen molar-refractivity contribution < 1.29 is 14.5 Å². The van der Waals surface area contributed by atoms with Crippen LogP contribution in [0.2, 0.25) is 5.02 Å². The van der Waals surface area contributed by atoms with E-state index in [9.17, 15) is 19.7 Å². The van der Waals surface area contributed by atoms with Gasteiger partial charge in [0, 0.05) is 22.3 Å². The Kier molecular flexibility index (Phi) is 7.37. The number of nitro benzene ring substituents is 1. The van der Waals surface area contributed by atoms with E-state index in [4.69, 9.17) is 11.6 Å². The van der Waals surface area contributed by atoms with Crippen LogP contribution in [0.3, 0.4) is 0 Å². The fourth-order valence-electron chi connectivity index (χ4n) is 2.15. The normalized spacial score (nSPS) is 10.5. The van der Waals surface area contributed by atoms with E-state index < -0.39 is 10.8 Å². The Morgan fingerprint density at radius 2 is 1.90 bits per heavy atom. The molecule has 2 amide bonds. The molecule has 0 aliphatic rings. The smallest absolute Gasteiger partial charge is 0.269 e. The first-order valence-electron chi connectivity index (χ1n) is 8.09. The number of hydrogen-bond donors (Lipinski definition) is 2. The Labute approximate surface area is 191 Å². The highest BCUT2D eigenvalue weighted by Gasteiger charge is 2.15. The summed E-state index contributed by atoms with van der Waals surface area (Å²) in [4.78, 5) is 34.5. The Morgan fingerprint density at radius 3 is 2.60 bits per heavy atom. The number of thioether (sulfide) groups is 1. The van der Waals surface area contributed by atoms with Gasteiger partial charge in [0.25, 0.3) is 11.6 Å². The first-order valence-corrected chi connectivity index (χ1v) is 11.1. The number of carbonyl (C=O) groups is 2. The van der Waals surface area contributed by atoms with Gasteiger partial charge >= 0.3 is 0 Å². The second kappa shape index (κ2) is 9.98. The summed E-state index contributed by atoms with van der Waals surface area (Å²) in [6.07, 6.45) is 0. The second-order valence-corrected chi connectivity index (χ2v) is 9.12. The molecule has 1 heterocycles. The highest BCUT2D eigenvalue weighted by atomic mass is 79.9. The topological polar surface area (TPSA) is 127 Å². The predicted molar refractivity (Wildman–Crippen MR) is 119 cm³/mol. The van der Waals surface area contributed by atoms with Crippen molar-refractivity contribution in [3.05, 3.63) is 67.6 Å². The number of anilines is 2. The molecular weight excluding hydrogens is 518 g/mol. The van der Waals surface area contributed by atoms with Crippen LogP contribution in [0.5, 0.6) is 0 Å². The lowest BCUT2D eigenvalue weighted by Gasteiger charge is -2.04. The van der Waals surface area contributed by atoms with Crippen molar-refractivity contribution in [2.24, 2.45) is 0 Å². The Balaban J connectivity index is 1.52. The molecule has 3 rings (SSSR count). The van der Waals surface area contributed by atoms with Crippen molar-refractivity contribution in [1.29, 1.82) is 0 Å². The summed E-state index contributed by atoms with van der Waals surface area (Å²) in [6, 6.07) is 10.4. The van der Waals surface area contributed by atoms with Gasteiger partial charge in [-0.05, 0) is 30.3 Å². The van der Waals surface area contributed by atoms with Crippen LogP contribution in [0, 0.1) is 10.1 Å². The van der Waals surface area contributed by atoms with Crippen LogP contribution in [0.25, 0.3) is 0 Å². The van der Waals surface area contributed by atoms with Gasteiger partial charge in [-0.2, -0.15) is 0 Å². The second-order valence-electron chi connectivity index (χ2n) is 5.59. The summed E-state index contributed by atoms with van der Waals surface area (Å²) in [6.45, 7) is 0. The number of rotatable bonds is 7. The van der Waals surface area contributed by atoms with E-state index in [0.717, 1.165) is 23.1 Å². The Bertz CT molecular complexity index is 1110. The maximum Gasteiger partial charge on any atom is 0.269 e. The predicted octanol–water partition coefficient (Wildman–Crippen LogP) is 4.85. The average Bonchev–Trinajstić information content (AvgIpc) is 3.16. The van der Waals surface area contributed by atoms with E-state index in [0.29, 0.717) is 19.5 Å². The fourth-order valence-corrected chi connectivity index (χ4v) is 4.26. The zero-order valence-corrected chi connectivity index (χ0v) is 18.8. The molecule has 0 saturated carbocycles. The van der Waals surface area contributed by atoms with Gasteiger partial charge in [-0.15, -0.1) is 10.2 Å². The molecule has 0 fully saturated rings. The first kappa shape index (κ1) is 22.2. The molecule has 9 nitrogen and oxygen atoms in total. The number of nitrogens with zero attached hydrogens (tertiary/aromatic N) is 3. The van der Waals surface area contributed by atoms with Crippen LogP contribution in [-0.2, 0) is 4.79 Å². The standard InChI is InChI=1S/C17H11BrClN5O4S2/c18-9-1-6-13(19)12(7-9)15(26)21-16-22-23-17(30-16)29-8-14(25)20-10-2-4-11(5-3-10)24(27)28/h1-7H,8H2,(H,20,25)(H,21,22,26). The molecule has 2 aromatic carbocycles. The number of benzene rings is 2. The van der Waals surface area contributed by atoms with Gasteiger partial charge < -0.3 is 5.32 Å². The van der Waals surface area contributed by atoms with E-state index in [-0.39, 0.29) is 28.0 Å². The summed E-state index contributed by atoms with van der Waals surface area (Å²) in [5.74, 6) is -0.683. The summed E-state index contributed by atoms with van der Waals surface area (Å²) < 4.78 is 1.20. The number of halogens is 2. The van der Waals surface area contributed by atoms with Gasteiger partial charge in [0.1, 0.15) is 0 Å². The van der Waals surface area contributed by atoms with Crippen molar-refractivity contribution in [3.63, 3.8) is 0 Å². The molecule has 0 aliphatic heterocycles. The van der Waals surface area contributed by atoms with Crippen molar-refractivity contribution in [1.82, 2.24) is 10.2 Å². The van der Waals surface area contributed by atoms with Gasteiger partial charge in [-0.1, -0.05) is 50.6 Å². The quantitative estimate of drug-likeness (QED) is 0.194. The van der Waals surface area contributed by atoms with Crippen LogP contribution < -0.4 is 10.6 Å². The molecule has 0 atom stereocenters. The lowest BCUT2D eigenvalue weighted by Crippen LogP contribution is -2.13. The van der Waals surface area contributed by atoms with E-state index in [1.807, 2.05) is 0 Å². The van der Waals surface area contributed by atoms with E-state index in [1.165, 1.54) is 24.3 Å². The fraction of sp³-hybridized carbons (Fsp3) is 0.0588. The van der Waals surface area contributed by atoms with Crippen molar-refractivity contribution in [2.45, 2.75) is 4.34 Å². The third kappa shape index (κ3) is 5.98. The molecule has 30 heavy (non-hydrogen) atoms. The monoisotopic (exact) mass is 527 g/mol. The molecule has 0 radical (unpaired) electrons. The number of amides is 2. The summed E-state index contributed by atoms with van der Waals surface area (Å²) in [5, 5.41) is 24.3. The largest absolute Gasteiger partial charge is 0.325 e. The minimum absolute atomic E-state index is 0.0526. The molecular formula is C17H11BrClN5O4S2. The van der Waals surface area contributed by atoms with Gasteiger partial charge in [-0.25, -0.2) is 0 Å². The molecule has 13 heteroatoms. The Morgan fingerprint density at radius 1 is 1.17 bits per heavy atom. The zero-order valence-electron chi connectivity index (χ0n) is 14.8. The van der Waals surface area contributed by atoms with Crippen LogP contribution in [0.4, 0.5) is 16.5 Å². The molecule has 1 aromatic heterocycles. The highest BCUT2D eigenvalue weighted by molar-refractivity contribution is 9.10. The number of nitro groups is 1. The molecule has 2 N–H and O–H groups in total. The minimum atomic E-state index is -0.516. The molecule has 0 unspecified atom stereocenters. The van der Waals surface area contributed by atoms with Crippen molar-refractivity contribution in [2.75, 3.05) is 16.4 Å². The molecule has 0 aliphatic carbocycles. The molecule has 0 spiro atoms. The minimum Gasteiger partial charge on any atom is -0.325 e. The number of carbonyl (C=O) groups excluding carboxylic acids is 2. The molecule has 0 saturated heterocycles. The van der Waals surface area contributed by atoms with Crippen LogP contribution in [0.15, 0.2) is 51.3 Å². The SMILES string of the molecule is O=C(CSc1nnc(NC(=O)c2cc(Br)ccc2Cl)s1)Nc1ccc([N+](=O)[O-])cc1. The summed E-state index contributed by atoms with van der Waals surface area (Å²) in [7, 11) is 0. The first-order chi connectivity index (χ1) is 14.3. The van der Waals surface area contributed by atoms with Gasteiger partial charge in [-0.3, -0.25) is 25.0 Å². The van der Waals surface area contributed by atoms with E-state index in [2.05, 4.69) is 36.8 Å². The van der Waals surface area contributed by atoms with E-state index in [1.54, 1.807) is 18.2 Å². The lowest BCUT2D eigenvalue weighted by atomic mass is 10.2.